The standard InChI is InChI=1S/C41H72O14/c1-2-3-4-5-6-7-8-9-10-11-41(43)55-37-35-53-33-31-51-29-27-49-25-23-47-21-19-45-17-16-44-18-20-46-22-24-48-26-28-50-30-32-52-34-36-54-40-14-12-39(38-42)13-15-40/h12-15,38H,2-11,16-37H2,1H3. The second-order valence-corrected chi connectivity index (χ2v) is 12.5. The highest BCUT2D eigenvalue weighted by atomic mass is 16.6. The molecule has 14 nitrogen and oxygen atoms in total. The molecule has 0 atom stereocenters. The monoisotopic (exact) mass is 788 g/mol. The third kappa shape index (κ3) is 38.4. The molecule has 14 heteroatoms. The fourth-order valence-corrected chi connectivity index (χ4v) is 4.81. The van der Waals surface area contributed by atoms with Crippen LogP contribution in [0.5, 0.6) is 5.75 Å². The number of hydrogen-bond donors (Lipinski definition) is 0. The van der Waals surface area contributed by atoms with Gasteiger partial charge in [0.15, 0.2) is 0 Å². The molecule has 1 rings (SSSR count). The average Bonchev–Trinajstić information content (AvgIpc) is 3.20. The topological polar surface area (TPSA) is 145 Å². The Kier molecular flexibility index (Phi) is 39.6. The van der Waals surface area contributed by atoms with Gasteiger partial charge in [-0.05, 0) is 30.7 Å². The molecule has 0 aliphatic carbocycles. The summed E-state index contributed by atoms with van der Waals surface area (Å²) in [4.78, 5) is 22.4. The number of carbonyl (C=O) groups is 2. The summed E-state index contributed by atoms with van der Waals surface area (Å²) in [6.07, 6.45) is 12.4. The zero-order chi connectivity index (χ0) is 39.4. The van der Waals surface area contributed by atoms with Gasteiger partial charge in [0, 0.05) is 12.0 Å². The van der Waals surface area contributed by atoms with E-state index < -0.39 is 0 Å². The molecule has 1 aromatic rings. The summed E-state index contributed by atoms with van der Waals surface area (Å²) in [7, 11) is 0. The van der Waals surface area contributed by atoms with Gasteiger partial charge in [0.25, 0.3) is 0 Å². The average molecular weight is 789 g/mol. The van der Waals surface area contributed by atoms with Crippen LogP contribution in [-0.4, -0.2) is 158 Å². The number of unbranched alkanes of at least 4 members (excludes halogenated alkanes) is 8. The number of benzene rings is 1. The molecule has 0 aromatic heterocycles. The molecule has 0 saturated carbocycles. The predicted molar refractivity (Wildman–Crippen MR) is 208 cm³/mol. The summed E-state index contributed by atoms with van der Waals surface area (Å²) < 4.78 is 65.6. The van der Waals surface area contributed by atoms with Crippen molar-refractivity contribution >= 4 is 12.3 Å². The molecule has 1 aromatic carbocycles. The number of rotatable bonds is 45. The van der Waals surface area contributed by atoms with Crippen molar-refractivity contribution < 1.29 is 66.4 Å². The third-order valence-electron chi connectivity index (χ3n) is 7.84. The van der Waals surface area contributed by atoms with Gasteiger partial charge in [-0.1, -0.05) is 58.3 Å². The summed E-state index contributed by atoms with van der Waals surface area (Å²) in [6.45, 7) is 12.5. The van der Waals surface area contributed by atoms with E-state index in [-0.39, 0.29) is 12.6 Å². The molecule has 0 bridgehead atoms. The van der Waals surface area contributed by atoms with Crippen LogP contribution in [0.25, 0.3) is 0 Å². The molecule has 0 aliphatic rings. The zero-order valence-electron chi connectivity index (χ0n) is 33.7. The quantitative estimate of drug-likeness (QED) is 0.0466. The minimum atomic E-state index is -0.140. The number of hydrogen-bond acceptors (Lipinski definition) is 14. The van der Waals surface area contributed by atoms with Crippen LogP contribution >= 0.6 is 0 Å². The summed E-state index contributed by atoms with van der Waals surface area (Å²) in [5.41, 5.74) is 0.616. The molecule has 0 heterocycles. The van der Waals surface area contributed by atoms with Crippen LogP contribution in [0, 0.1) is 0 Å². The second kappa shape index (κ2) is 42.9. The minimum absolute atomic E-state index is 0.140. The Morgan fingerprint density at radius 2 is 0.727 bits per heavy atom. The highest BCUT2D eigenvalue weighted by Crippen LogP contribution is 2.11. The Morgan fingerprint density at radius 3 is 1.07 bits per heavy atom. The minimum Gasteiger partial charge on any atom is -0.491 e. The maximum absolute atomic E-state index is 11.8. The highest BCUT2D eigenvalue weighted by Gasteiger charge is 2.03. The van der Waals surface area contributed by atoms with Crippen molar-refractivity contribution in [1.82, 2.24) is 0 Å². The lowest BCUT2D eigenvalue weighted by Crippen LogP contribution is -2.15. The van der Waals surface area contributed by atoms with Crippen LogP contribution in [-0.2, 0) is 56.9 Å². The molecule has 55 heavy (non-hydrogen) atoms. The van der Waals surface area contributed by atoms with E-state index in [4.69, 9.17) is 56.8 Å². The Hall–Kier alpha value is -2.24. The molecular formula is C41H72O14. The summed E-state index contributed by atoms with van der Waals surface area (Å²) in [5.74, 6) is 0.561. The molecule has 0 spiro atoms. The van der Waals surface area contributed by atoms with Crippen LogP contribution in [0.3, 0.4) is 0 Å². The fourth-order valence-electron chi connectivity index (χ4n) is 4.81. The maximum atomic E-state index is 11.8. The van der Waals surface area contributed by atoms with Crippen LogP contribution in [0.1, 0.15) is 81.5 Å². The number of esters is 1. The van der Waals surface area contributed by atoms with Crippen LogP contribution < -0.4 is 4.74 Å². The van der Waals surface area contributed by atoms with Crippen molar-refractivity contribution in [2.24, 2.45) is 0 Å². The van der Waals surface area contributed by atoms with Crippen LogP contribution in [0.2, 0.25) is 0 Å². The van der Waals surface area contributed by atoms with Gasteiger partial charge >= 0.3 is 5.97 Å². The number of carbonyl (C=O) groups excluding carboxylic acids is 2. The van der Waals surface area contributed by atoms with Crippen LogP contribution in [0.4, 0.5) is 0 Å². The predicted octanol–water partition coefficient (Wildman–Crippen LogP) is 5.51. The van der Waals surface area contributed by atoms with Gasteiger partial charge in [0.2, 0.25) is 0 Å². The molecule has 0 radical (unpaired) electrons. The Balaban J connectivity index is 1.64. The molecule has 0 unspecified atom stereocenters. The molecule has 0 fully saturated rings. The molecule has 320 valence electrons. The first kappa shape index (κ1) is 50.8. The lowest BCUT2D eigenvalue weighted by atomic mass is 10.1. The fraction of sp³-hybridized carbons (Fsp3) is 0.805. The molecule has 0 saturated heterocycles. The van der Waals surface area contributed by atoms with Crippen LogP contribution in [0.15, 0.2) is 24.3 Å². The van der Waals surface area contributed by atoms with Crippen molar-refractivity contribution in [2.45, 2.75) is 71.1 Å². The van der Waals surface area contributed by atoms with Gasteiger partial charge in [0.1, 0.15) is 25.2 Å². The van der Waals surface area contributed by atoms with Crippen molar-refractivity contribution in [3.63, 3.8) is 0 Å². The van der Waals surface area contributed by atoms with Crippen molar-refractivity contribution in [2.75, 3.05) is 145 Å². The first-order chi connectivity index (χ1) is 27.3. The third-order valence-corrected chi connectivity index (χ3v) is 7.84. The van der Waals surface area contributed by atoms with Gasteiger partial charge in [-0.25, -0.2) is 0 Å². The Labute approximate surface area is 330 Å². The lowest BCUT2D eigenvalue weighted by molar-refractivity contribution is -0.145. The molecule has 0 N–H and O–H groups in total. The first-order valence-electron chi connectivity index (χ1n) is 20.4. The molecule has 0 aliphatic heterocycles. The highest BCUT2D eigenvalue weighted by molar-refractivity contribution is 5.74. The van der Waals surface area contributed by atoms with E-state index in [0.29, 0.717) is 156 Å². The van der Waals surface area contributed by atoms with Crippen molar-refractivity contribution in [3.05, 3.63) is 29.8 Å². The van der Waals surface area contributed by atoms with Crippen molar-refractivity contribution in [3.8, 4) is 5.75 Å². The van der Waals surface area contributed by atoms with Gasteiger partial charge in [0.05, 0.1) is 132 Å². The SMILES string of the molecule is CCCCCCCCCCCC(=O)OCCOCCOCCOCCOCCOCCOCCOCCOCCOCCOCCOc1ccc(C=O)cc1. The van der Waals surface area contributed by atoms with Gasteiger partial charge in [-0.15, -0.1) is 0 Å². The van der Waals surface area contributed by atoms with E-state index >= 15 is 0 Å². The summed E-state index contributed by atoms with van der Waals surface area (Å²) in [5, 5.41) is 0. The summed E-state index contributed by atoms with van der Waals surface area (Å²) >= 11 is 0. The van der Waals surface area contributed by atoms with E-state index in [1.165, 1.54) is 44.9 Å². The Morgan fingerprint density at radius 1 is 0.418 bits per heavy atom. The van der Waals surface area contributed by atoms with E-state index in [9.17, 15) is 9.59 Å². The Bertz CT molecular complexity index is 936. The maximum Gasteiger partial charge on any atom is 0.305 e. The largest absolute Gasteiger partial charge is 0.491 e. The second-order valence-electron chi connectivity index (χ2n) is 12.5. The lowest BCUT2D eigenvalue weighted by Gasteiger charge is -2.09. The van der Waals surface area contributed by atoms with Crippen molar-refractivity contribution in [1.29, 1.82) is 0 Å². The normalized spacial score (nSPS) is 11.3. The molecule has 0 amide bonds. The van der Waals surface area contributed by atoms with Gasteiger partial charge in [-0.3, -0.25) is 9.59 Å². The molecular weight excluding hydrogens is 716 g/mol. The van der Waals surface area contributed by atoms with Gasteiger partial charge < -0.3 is 56.8 Å². The van der Waals surface area contributed by atoms with Gasteiger partial charge in [-0.2, -0.15) is 0 Å². The number of ether oxygens (including phenoxy) is 12. The first-order valence-corrected chi connectivity index (χ1v) is 20.4. The van der Waals surface area contributed by atoms with E-state index in [2.05, 4.69) is 6.92 Å². The zero-order valence-corrected chi connectivity index (χ0v) is 33.7. The van der Waals surface area contributed by atoms with E-state index in [1.54, 1.807) is 24.3 Å². The summed E-state index contributed by atoms with van der Waals surface area (Å²) in [6, 6.07) is 6.93. The number of aldehydes is 1. The van der Waals surface area contributed by atoms with E-state index in [0.717, 1.165) is 19.1 Å². The smallest absolute Gasteiger partial charge is 0.305 e. The van der Waals surface area contributed by atoms with E-state index in [1.807, 2.05) is 0 Å².